The fraction of sp³-hybridized carbons (Fsp3) is 0.571. The smallest absolute Gasteiger partial charge is 0.138 e. The molecule has 2 N–H and O–H groups in total. The first-order valence-corrected chi connectivity index (χ1v) is 7.71. The van der Waals surface area contributed by atoms with Crippen LogP contribution in [0.15, 0.2) is 23.8 Å². The second kappa shape index (κ2) is 6.82. The molecular formula is C14H22N4S. The molecule has 1 atom stereocenters. The number of nitrogens with two attached hydrogens (primary N) is 1. The van der Waals surface area contributed by atoms with Crippen LogP contribution in [0.1, 0.15) is 43.4 Å². The maximum absolute atomic E-state index is 6.20. The molecule has 4 nitrogen and oxygen atoms in total. The van der Waals surface area contributed by atoms with Crippen LogP contribution in [0.25, 0.3) is 0 Å². The normalized spacial score (nSPS) is 13.1. The van der Waals surface area contributed by atoms with Crippen LogP contribution in [0.4, 0.5) is 0 Å². The van der Waals surface area contributed by atoms with E-state index in [0.29, 0.717) is 6.04 Å². The monoisotopic (exact) mass is 278 g/mol. The SMILES string of the molecule is CC(C)n1ncnc1CC(N)CCCc1cccs1. The molecule has 1 unspecified atom stereocenters. The summed E-state index contributed by atoms with van der Waals surface area (Å²) in [4.78, 5) is 5.75. The quantitative estimate of drug-likeness (QED) is 0.847. The van der Waals surface area contributed by atoms with Gasteiger partial charge in [0.1, 0.15) is 12.2 Å². The molecule has 0 saturated carbocycles. The van der Waals surface area contributed by atoms with E-state index in [1.165, 1.54) is 4.88 Å². The van der Waals surface area contributed by atoms with Gasteiger partial charge in [0.25, 0.3) is 0 Å². The van der Waals surface area contributed by atoms with Crippen molar-refractivity contribution in [2.45, 2.75) is 51.6 Å². The first kappa shape index (κ1) is 14.2. The first-order valence-electron chi connectivity index (χ1n) is 6.83. The van der Waals surface area contributed by atoms with Crippen molar-refractivity contribution >= 4 is 11.3 Å². The number of aromatic nitrogens is 3. The summed E-state index contributed by atoms with van der Waals surface area (Å²) in [5.74, 6) is 0.999. The maximum atomic E-state index is 6.20. The second-order valence-electron chi connectivity index (χ2n) is 5.15. The van der Waals surface area contributed by atoms with Crippen molar-refractivity contribution in [3.8, 4) is 0 Å². The van der Waals surface area contributed by atoms with E-state index < -0.39 is 0 Å². The summed E-state index contributed by atoms with van der Waals surface area (Å²) in [7, 11) is 0. The van der Waals surface area contributed by atoms with Crippen molar-refractivity contribution in [1.82, 2.24) is 14.8 Å². The molecule has 2 rings (SSSR count). The van der Waals surface area contributed by atoms with Crippen molar-refractivity contribution < 1.29 is 0 Å². The summed E-state index contributed by atoms with van der Waals surface area (Å²) >= 11 is 1.82. The molecule has 0 aliphatic heterocycles. The van der Waals surface area contributed by atoms with Crippen LogP contribution >= 0.6 is 11.3 Å². The van der Waals surface area contributed by atoms with Gasteiger partial charge in [0.15, 0.2) is 0 Å². The Morgan fingerprint density at radius 3 is 2.95 bits per heavy atom. The van der Waals surface area contributed by atoms with E-state index in [1.54, 1.807) is 6.33 Å². The highest BCUT2D eigenvalue weighted by atomic mass is 32.1. The minimum atomic E-state index is 0.168. The summed E-state index contributed by atoms with van der Waals surface area (Å²) in [6.07, 6.45) is 5.72. The van der Waals surface area contributed by atoms with Crippen molar-refractivity contribution in [2.24, 2.45) is 5.73 Å². The predicted molar refractivity (Wildman–Crippen MR) is 79.3 cm³/mol. The fourth-order valence-corrected chi connectivity index (χ4v) is 2.93. The average Bonchev–Trinajstić information content (AvgIpc) is 2.99. The predicted octanol–water partition coefficient (Wildman–Crippen LogP) is 2.81. The molecule has 0 aromatic carbocycles. The molecule has 0 aliphatic rings. The van der Waals surface area contributed by atoms with Crippen molar-refractivity contribution in [3.05, 3.63) is 34.5 Å². The van der Waals surface area contributed by atoms with Crippen molar-refractivity contribution in [2.75, 3.05) is 0 Å². The van der Waals surface area contributed by atoms with Gasteiger partial charge in [-0.05, 0) is 44.6 Å². The fourth-order valence-electron chi connectivity index (χ4n) is 2.18. The van der Waals surface area contributed by atoms with Crippen LogP contribution < -0.4 is 5.73 Å². The van der Waals surface area contributed by atoms with Gasteiger partial charge < -0.3 is 5.73 Å². The lowest BCUT2D eigenvalue weighted by molar-refractivity contribution is 0.480. The van der Waals surface area contributed by atoms with Crippen LogP contribution in [-0.4, -0.2) is 20.8 Å². The van der Waals surface area contributed by atoms with Gasteiger partial charge in [0.2, 0.25) is 0 Å². The van der Waals surface area contributed by atoms with Crippen molar-refractivity contribution in [1.29, 1.82) is 0 Å². The average molecular weight is 278 g/mol. The lowest BCUT2D eigenvalue weighted by atomic mass is 10.1. The zero-order valence-corrected chi connectivity index (χ0v) is 12.4. The van der Waals surface area contributed by atoms with Crippen LogP contribution in [0.2, 0.25) is 0 Å². The van der Waals surface area contributed by atoms with Crippen LogP contribution in [0, 0.1) is 0 Å². The minimum absolute atomic E-state index is 0.168. The number of aryl methyl sites for hydroxylation is 1. The van der Waals surface area contributed by atoms with Crippen LogP contribution in [-0.2, 0) is 12.8 Å². The molecule has 2 aromatic heterocycles. The Morgan fingerprint density at radius 2 is 2.26 bits per heavy atom. The standard InChI is InChI=1S/C14H22N4S/c1-11(2)18-14(16-10-17-18)9-12(15)5-3-6-13-7-4-8-19-13/h4,7-8,10-12H,3,5-6,9,15H2,1-2H3. The minimum Gasteiger partial charge on any atom is -0.327 e. The molecule has 0 aliphatic carbocycles. The lowest BCUT2D eigenvalue weighted by Crippen LogP contribution is -2.25. The Balaban J connectivity index is 1.77. The Morgan fingerprint density at radius 1 is 1.42 bits per heavy atom. The molecule has 104 valence electrons. The summed E-state index contributed by atoms with van der Waals surface area (Å²) < 4.78 is 1.96. The van der Waals surface area contributed by atoms with Crippen LogP contribution in [0.3, 0.4) is 0 Å². The zero-order chi connectivity index (χ0) is 13.7. The molecule has 0 spiro atoms. The third kappa shape index (κ3) is 4.14. The molecule has 0 fully saturated rings. The maximum Gasteiger partial charge on any atom is 0.138 e. The van der Waals surface area contributed by atoms with E-state index in [4.69, 9.17) is 5.73 Å². The molecular weight excluding hydrogens is 256 g/mol. The highest BCUT2D eigenvalue weighted by Gasteiger charge is 2.12. The Kier molecular flexibility index (Phi) is 5.10. The van der Waals surface area contributed by atoms with Gasteiger partial charge in [-0.15, -0.1) is 11.3 Å². The molecule has 2 aromatic rings. The number of hydrogen-bond acceptors (Lipinski definition) is 4. The topological polar surface area (TPSA) is 56.7 Å². The van der Waals surface area contributed by atoms with Crippen molar-refractivity contribution in [3.63, 3.8) is 0 Å². The molecule has 0 radical (unpaired) electrons. The molecule has 5 heteroatoms. The van der Waals surface area contributed by atoms with Gasteiger partial charge >= 0.3 is 0 Å². The number of nitrogens with zero attached hydrogens (tertiary/aromatic N) is 3. The Bertz CT molecular complexity index is 475. The highest BCUT2D eigenvalue weighted by molar-refractivity contribution is 7.09. The Hall–Kier alpha value is -1.20. The third-order valence-corrected chi connectivity index (χ3v) is 4.10. The second-order valence-corrected chi connectivity index (χ2v) is 6.18. The molecule has 2 heterocycles. The molecule has 0 amide bonds. The third-order valence-electron chi connectivity index (χ3n) is 3.16. The summed E-state index contributed by atoms with van der Waals surface area (Å²) in [5, 5.41) is 6.37. The molecule has 0 saturated heterocycles. The molecule has 0 bridgehead atoms. The van der Waals surface area contributed by atoms with Gasteiger partial charge in [-0.25, -0.2) is 9.67 Å². The summed E-state index contributed by atoms with van der Waals surface area (Å²) in [5.41, 5.74) is 6.20. The highest BCUT2D eigenvalue weighted by Crippen LogP contribution is 2.14. The van der Waals surface area contributed by atoms with E-state index >= 15 is 0 Å². The largest absolute Gasteiger partial charge is 0.327 e. The van der Waals surface area contributed by atoms with Crippen LogP contribution in [0.5, 0.6) is 0 Å². The summed E-state index contributed by atoms with van der Waals surface area (Å²) in [6, 6.07) is 4.80. The van der Waals surface area contributed by atoms with Gasteiger partial charge in [-0.1, -0.05) is 6.07 Å². The molecule has 19 heavy (non-hydrogen) atoms. The van der Waals surface area contributed by atoms with Gasteiger partial charge in [0.05, 0.1) is 0 Å². The van der Waals surface area contributed by atoms with E-state index in [9.17, 15) is 0 Å². The van der Waals surface area contributed by atoms with Gasteiger partial charge in [0, 0.05) is 23.4 Å². The van der Waals surface area contributed by atoms with E-state index in [2.05, 4.69) is 41.4 Å². The Labute approximate surface area is 118 Å². The van der Waals surface area contributed by atoms with Gasteiger partial charge in [-0.2, -0.15) is 5.10 Å². The lowest BCUT2D eigenvalue weighted by Gasteiger charge is -2.13. The number of thiophene rings is 1. The number of hydrogen-bond donors (Lipinski definition) is 1. The zero-order valence-electron chi connectivity index (χ0n) is 11.6. The van der Waals surface area contributed by atoms with E-state index in [0.717, 1.165) is 31.5 Å². The summed E-state index contributed by atoms with van der Waals surface area (Å²) in [6.45, 7) is 4.22. The van der Waals surface area contributed by atoms with E-state index in [-0.39, 0.29) is 6.04 Å². The first-order chi connectivity index (χ1) is 9.16. The van der Waals surface area contributed by atoms with E-state index in [1.807, 2.05) is 16.0 Å². The number of rotatable bonds is 7. The van der Waals surface area contributed by atoms with Gasteiger partial charge in [-0.3, -0.25) is 0 Å².